The maximum atomic E-state index is 3.74. The van der Waals surface area contributed by atoms with Gasteiger partial charge in [-0.15, -0.1) is 8.20 Å². The van der Waals surface area contributed by atoms with Gasteiger partial charge in [-0.2, -0.15) is 0 Å². The van der Waals surface area contributed by atoms with Crippen molar-refractivity contribution in [2.75, 3.05) is 6.16 Å². The Morgan fingerprint density at radius 2 is 1.86 bits per heavy atom. The van der Waals surface area contributed by atoms with Crippen LogP contribution in [0.15, 0.2) is 0 Å². The molecule has 7 heavy (non-hydrogen) atoms. The first-order valence-corrected chi connectivity index (χ1v) is 3.75. The Labute approximate surface area is 47.7 Å². The molecule has 0 amide bonds. The van der Waals surface area contributed by atoms with Crippen molar-refractivity contribution in [1.29, 1.82) is 0 Å². The highest BCUT2D eigenvalue weighted by atomic mass is 31.1. The van der Waals surface area contributed by atoms with Gasteiger partial charge in [0.2, 0.25) is 0 Å². The van der Waals surface area contributed by atoms with Gasteiger partial charge in [0.1, 0.15) is 0 Å². The van der Waals surface area contributed by atoms with Crippen molar-refractivity contribution in [2.24, 2.45) is 5.41 Å². The van der Waals surface area contributed by atoms with Gasteiger partial charge >= 0.3 is 0 Å². The van der Waals surface area contributed by atoms with E-state index in [4.69, 9.17) is 0 Å². The van der Waals surface area contributed by atoms with Crippen molar-refractivity contribution in [3.8, 4) is 0 Å². The van der Waals surface area contributed by atoms with Crippen molar-refractivity contribution in [3.05, 3.63) is 0 Å². The highest BCUT2D eigenvalue weighted by molar-refractivity contribution is 7.36. The van der Waals surface area contributed by atoms with Gasteiger partial charge in [0, 0.05) is 0 Å². The lowest BCUT2D eigenvalue weighted by Crippen LogP contribution is -2.05. The van der Waals surface area contributed by atoms with Crippen LogP contribution in [0.1, 0.15) is 20.8 Å². The monoisotopic (exact) mass is 116 g/mol. The fourth-order valence-electron chi connectivity index (χ4n) is 0.335. The van der Waals surface area contributed by atoms with Crippen LogP contribution >= 0.6 is 8.20 Å². The highest BCUT2D eigenvalue weighted by Crippen LogP contribution is 2.17. The summed E-state index contributed by atoms with van der Waals surface area (Å²) in [5.74, 6) is 0. The molecule has 0 bridgehead atoms. The van der Waals surface area contributed by atoms with Gasteiger partial charge < -0.3 is 0 Å². The summed E-state index contributed by atoms with van der Waals surface area (Å²) in [4.78, 5) is 0. The number of rotatable bonds is 1. The Bertz CT molecular complexity index is 59.1. The quantitative estimate of drug-likeness (QED) is 0.461. The van der Waals surface area contributed by atoms with E-state index in [1.54, 1.807) is 0 Å². The first-order chi connectivity index (χ1) is 3.06. The number of hydrogen-bond acceptors (Lipinski definition) is 0. The van der Waals surface area contributed by atoms with E-state index in [0.29, 0.717) is 5.41 Å². The van der Waals surface area contributed by atoms with Crippen LogP contribution in [0.5, 0.6) is 0 Å². The Morgan fingerprint density at radius 3 is 1.86 bits per heavy atom. The molecule has 0 atom stereocenters. The van der Waals surface area contributed by atoms with Crippen molar-refractivity contribution in [2.45, 2.75) is 20.8 Å². The molecular weight excluding hydrogens is 103 g/mol. The second-order valence-electron chi connectivity index (χ2n) is 2.94. The standard InChI is InChI=1S/C6H13P/c1-6(2,3)5-7-4/h4-5H2,1-3H3. The van der Waals surface area contributed by atoms with Gasteiger partial charge in [-0.05, 0) is 11.6 Å². The summed E-state index contributed by atoms with van der Waals surface area (Å²) in [5, 5.41) is 0. The largest absolute Gasteiger partial charge is 0.112 e. The third kappa shape index (κ3) is 6.17. The minimum atomic E-state index is 0.476. The van der Waals surface area contributed by atoms with Crippen molar-refractivity contribution < 1.29 is 0 Å². The summed E-state index contributed by atoms with van der Waals surface area (Å²) >= 11 is 0. The molecular formula is C6H13P. The smallest absolute Gasteiger partial charge is 0.00631 e. The lowest BCUT2D eigenvalue weighted by molar-refractivity contribution is 0.480. The molecule has 0 heterocycles. The molecule has 42 valence electrons. The van der Waals surface area contributed by atoms with Crippen LogP contribution in [0, 0.1) is 5.41 Å². The Balaban J connectivity index is 3.34. The molecule has 0 radical (unpaired) electrons. The molecule has 0 aliphatic rings. The summed E-state index contributed by atoms with van der Waals surface area (Å²) < 4.78 is 0. The van der Waals surface area contributed by atoms with Gasteiger partial charge in [0.15, 0.2) is 0 Å². The van der Waals surface area contributed by atoms with Crippen LogP contribution < -0.4 is 0 Å². The zero-order valence-electron chi connectivity index (χ0n) is 5.36. The fraction of sp³-hybridized carbons (Fsp3) is 0.833. The van der Waals surface area contributed by atoms with E-state index in [9.17, 15) is 0 Å². The van der Waals surface area contributed by atoms with Crippen LogP contribution in [0.3, 0.4) is 0 Å². The fourth-order valence-corrected chi connectivity index (χ4v) is 1.01. The Morgan fingerprint density at radius 1 is 1.43 bits per heavy atom. The molecule has 0 spiro atoms. The van der Waals surface area contributed by atoms with E-state index < -0.39 is 0 Å². The van der Waals surface area contributed by atoms with Crippen molar-refractivity contribution >= 4 is 14.5 Å². The van der Waals surface area contributed by atoms with E-state index in [1.807, 2.05) is 0 Å². The molecule has 0 saturated carbocycles. The minimum Gasteiger partial charge on any atom is -0.112 e. The van der Waals surface area contributed by atoms with E-state index in [0.717, 1.165) is 0 Å². The Kier molecular flexibility index (Phi) is 2.53. The first kappa shape index (κ1) is 7.17. The molecule has 0 aromatic carbocycles. The topological polar surface area (TPSA) is 0 Å². The van der Waals surface area contributed by atoms with Gasteiger partial charge in [-0.25, -0.2) is 0 Å². The molecule has 0 saturated heterocycles. The maximum absolute atomic E-state index is 3.74. The average molecular weight is 116 g/mol. The summed E-state index contributed by atoms with van der Waals surface area (Å²) in [6, 6.07) is 0. The third-order valence-electron chi connectivity index (χ3n) is 0.586. The molecule has 0 aliphatic carbocycles. The second-order valence-corrected chi connectivity index (χ2v) is 3.71. The van der Waals surface area contributed by atoms with Crippen LogP contribution in [0.25, 0.3) is 0 Å². The molecule has 1 heteroatoms. The summed E-state index contributed by atoms with van der Waals surface area (Å²) in [6.07, 6.45) is 4.94. The van der Waals surface area contributed by atoms with Gasteiger partial charge in [-0.3, -0.25) is 0 Å². The van der Waals surface area contributed by atoms with Crippen LogP contribution in [0.4, 0.5) is 0 Å². The zero-order valence-corrected chi connectivity index (χ0v) is 6.26. The van der Waals surface area contributed by atoms with Gasteiger partial charge in [-0.1, -0.05) is 27.1 Å². The molecule has 0 nitrogen and oxygen atoms in total. The molecule has 0 rings (SSSR count). The van der Waals surface area contributed by atoms with E-state index >= 15 is 0 Å². The SMILES string of the molecule is C=PCC(C)(C)C. The molecule has 0 N–H and O–H groups in total. The minimum absolute atomic E-state index is 0.476. The van der Waals surface area contributed by atoms with Crippen LogP contribution in [-0.4, -0.2) is 12.5 Å². The predicted octanol–water partition coefficient (Wildman–Crippen LogP) is 2.41. The Hall–Kier alpha value is 0.170. The van der Waals surface area contributed by atoms with Gasteiger partial charge in [0.25, 0.3) is 0 Å². The number of hydrogen-bond donors (Lipinski definition) is 0. The molecule has 0 aromatic rings. The maximum Gasteiger partial charge on any atom is -0.00631 e. The normalized spacial score (nSPS) is 12.4. The van der Waals surface area contributed by atoms with E-state index in [1.165, 1.54) is 14.4 Å². The summed E-state index contributed by atoms with van der Waals surface area (Å²) in [7, 11) is 1.26. The lowest BCUT2D eigenvalue weighted by atomic mass is 10.0. The molecule has 0 fully saturated rings. The van der Waals surface area contributed by atoms with Crippen LogP contribution in [0.2, 0.25) is 0 Å². The van der Waals surface area contributed by atoms with E-state index in [2.05, 4.69) is 27.1 Å². The summed E-state index contributed by atoms with van der Waals surface area (Å²) in [5.41, 5.74) is 0.476. The molecule has 0 aromatic heterocycles. The van der Waals surface area contributed by atoms with Gasteiger partial charge in [0.05, 0.1) is 0 Å². The van der Waals surface area contributed by atoms with E-state index in [-0.39, 0.29) is 0 Å². The summed E-state index contributed by atoms with van der Waals surface area (Å²) in [6.45, 7) is 6.68. The van der Waals surface area contributed by atoms with Crippen LogP contribution in [-0.2, 0) is 0 Å². The highest BCUT2D eigenvalue weighted by Gasteiger charge is 2.05. The molecule has 0 unspecified atom stereocenters. The predicted molar refractivity (Wildman–Crippen MR) is 38.4 cm³/mol. The zero-order chi connectivity index (χ0) is 5.91. The molecule has 0 aliphatic heterocycles. The first-order valence-electron chi connectivity index (χ1n) is 2.49. The second kappa shape index (κ2) is 2.47. The average Bonchev–Trinajstić information content (AvgIpc) is 1.30. The van der Waals surface area contributed by atoms with Crippen molar-refractivity contribution in [1.82, 2.24) is 0 Å². The lowest BCUT2D eigenvalue weighted by Gasteiger charge is -2.12. The third-order valence-corrected chi connectivity index (χ3v) is 1.76. The van der Waals surface area contributed by atoms with Crippen molar-refractivity contribution in [3.63, 3.8) is 0 Å².